The van der Waals surface area contributed by atoms with E-state index in [-0.39, 0.29) is 5.82 Å². The number of halogens is 1. The van der Waals surface area contributed by atoms with Crippen molar-refractivity contribution in [1.29, 1.82) is 0 Å². The predicted molar refractivity (Wildman–Crippen MR) is 128 cm³/mol. The van der Waals surface area contributed by atoms with Crippen molar-refractivity contribution in [2.24, 2.45) is 0 Å². The molecule has 5 rings (SSSR count). The number of nitrogens with zero attached hydrogens (tertiary/aromatic N) is 2. The van der Waals surface area contributed by atoms with Gasteiger partial charge in [-0.2, -0.15) is 0 Å². The van der Waals surface area contributed by atoms with Gasteiger partial charge in [0.1, 0.15) is 22.8 Å². The van der Waals surface area contributed by atoms with Gasteiger partial charge in [0.15, 0.2) is 0 Å². The lowest BCUT2D eigenvalue weighted by Gasteiger charge is -2.12. The van der Waals surface area contributed by atoms with Gasteiger partial charge in [-0.25, -0.2) is 14.4 Å². The molecule has 0 unspecified atom stereocenters. The fourth-order valence-corrected chi connectivity index (χ4v) is 4.91. The number of hydrogen-bond donors (Lipinski definition) is 2. The molecule has 31 heavy (non-hydrogen) atoms. The quantitative estimate of drug-likeness (QED) is 0.304. The third kappa shape index (κ3) is 3.82. The maximum atomic E-state index is 13.4. The molecule has 0 aliphatic heterocycles. The number of benzene rings is 3. The zero-order chi connectivity index (χ0) is 21.2. The fourth-order valence-electron chi connectivity index (χ4n) is 3.90. The van der Waals surface area contributed by atoms with Crippen LogP contribution in [0.1, 0.15) is 4.88 Å². The summed E-state index contributed by atoms with van der Waals surface area (Å²) in [5.74, 6) is 0.559. The highest BCUT2D eigenvalue weighted by Gasteiger charge is 2.16. The average molecular weight is 429 g/mol. The zero-order valence-corrected chi connectivity index (χ0v) is 17.8. The maximum Gasteiger partial charge on any atom is 0.138 e. The van der Waals surface area contributed by atoms with E-state index in [1.165, 1.54) is 22.9 Å². The van der Waals surface area contributed by atoms with Gasteiger partial charge in [0, 0.05) is 34.6 Å². The van der Waals surface area contributed by atoms with E-state index in [0.717, 1.165) is 44.3 Å². The van der Waals surface area contributed by atoms with Gasteiger partial charge in [0.05, 0.1) is 5.39 Å². The average Bonchev–Trinajstić information content (AvgIpc) is 3.14. The number of anilines is 2. The van der Waals surface area contributed by atoms with Crippen molar-refractivity contribution in [1.82, 2.24) is 9.97 Å². The van der Waals surface area contributed by atoms with E-state index in [0.29, 0.717) is 6.54 Å². The molecule has 0 bridgehead atoms. The highest BCUT2D eigenvalue weighted by Crippen LogP contribution is 2.40. The molecule has 0 atom stereocenters. The first-order valence-corrected chi connectivity index (χ1v) is 11.0. The molecule has 5 aromatic rings. The lowest BCUT2D eigenvalue weighted by atomic mass is 10.0. The van der Waals surface area contributed by atoms with Gasteiger partial charge in [0.25, 0.3) is 0 Å². The summed E-state index contributed by atoms with van der Waals surface area (Å²) in [6.45, 7) is 3.51. The lowest BCUT2D eigenvalue weighted by Crippen LogP contribution is -2.14. The van der Waals surface area contributed by atoms with Crippen LogP contribution in [-0.4, -0.2) is 23.1 Å². The standard InChI is InChI=1S/C25H21FN4S/c1-16-22(18-9-11-19(26)12-10-18)23-24(29-15-30-25(23)31-16)28-14-13-27-21-8-4-6-17-5-2-3-7-20(17)21/h2-12,15,27H,13-14H2,1H3,(H,28,29,30). The van der Waals surface area contributed by atoms with E-state index in [4.69, 9.17) is 0 Å². The summed E-state index contributed by atoms with van der Waals surface area (Å²) in [4.78, 5) is 11.0. The number of thiophene rings is 1. The highest BCUT2D eigenvalue weighted by molar-refractivity contribution is 7.19. The fraction of sp³-hybridized carbons (Fsp3) is 0.120. The first-order chi connectivity index (χ1) is 15.2. The summed E-state index contributed by atoms with van der Waals surface area (Å²) in [6, 6.07) is 21.2. The molecular formula is C25H21FN4S. The summed E-state index contributed by atoms with van der Waals surface area (Å²) in [5, 5.41) is 10.4. The SMILES string of the molecule is Cc1sc2ncnc(NCCNc3cccc4ccccc34)c2c1-c1ccc(F)cc1. The van der Waals surface area contributed by atoms with Crippen molar-refractivity contribution in [2.45, 2.75) is 6.92 Å². The molecule has 154 valence electrons. The molecule has 0 saturated carbocycles. The predicted octanol–water partition coefficient (Wildman–Crippen LogP) is 6.48. The third-order valence-corrected chi connectivity index (χ3v) is 6.33. The second kappa shape index (κ2) is 8.32. The Morgan fingerprint density at radius 1 is 0.871 bits per heavy atom. The van der Waals surface area contributed by atoms with Crippen molar-refractivity contribution in [3.8, 4) is 11.1 Å². The number of rotatable bonds is 6. The Morgan fingerprint density at radius 2 is 1.65 bits per heavy atom. The molecule has 0 amide bonds. The molecule has 0 spiro atoms. The van der Waals surface area contributed by atoms with Crippen LogP contribution in [0.15, 0.2) is 73.1 Å². The Labute approximate surface area is 183 Å². The van der Waals surface area contributed by atoms with Crippen molar-refractivity contribution < 1.29 is 4.39 Å². The summed E-state index contributed by atoms with van der Waals surface area (Å²) < 4.78 is 13.4. The largest absolute Gasteiger partial charge is 0.383 e. The van der Waals surface area contributed by atoms with Crippen molar-refractivity contribution >= 4 is 43.8 Å². The summed E-state index contributed by atoms with van der Waals surface area (Å²) >= 11 is 1.63. The Bertz CT molecular complexity index is 1360. The van der Waals surface area contributed by atoms with Crippen LogP contribution in [0.4, 0.5) is 15.9 Å². The van der Waals surface area contributed by atoms with Crippen LogP contribution >= 0.6 is 11.3 Å². The number of hydrogen-bond acceptors (Lipinski definition) is 5. The molecule has 2 aromatic heterocycles. The number of aromatic nitrogens is 2. The minimum absolute atomic E-state index is 0.241. The van der Waals surface area contributed by atoms with E-state index in [1.807, 2.05) is 12.1 Å². The van der Waals surface area contributed by atoms with Crippen LogP contribution in [0.2, 0.25) is 0 Å². The number of nitrogens with one attached hydrogen (secondary N) is 2. The summed E-state index contributed by atoms with van der Waals surface area (Å²) in [7, 11) is 0. The minimum Gasteiger partial charge on any atom is -0.383 e. The van der Waals surface area contributed by atoms with Crippen LogP contribution in [-0.2, 0) is 0 Å². The van der Waals surface area contributed by atoms with Crippen molar-refractivity contribution in [3.63, 3.8) is 0 Å². The van der Waals surface area contributed by atoms with Gasteiger partial charge in [-0.3, -0.25) is 0 Å². The minimum atomic E-state index is -0.241. The summed E-state index contributed by atoms with van der Waals surface area (Å²) in [6.07, 6.45) is 1.59. The number of fused-ring (bicyclic) bond motifs is 2. The Morgan fingerprint density at radius 3 is 2.52 bits per heavy atom. The van der Waals surface area contributed by atoms with E-state index in [2.05, 4.69) is 70.0 Å². The normalized spacial score (nSPS) is 11.2. The molecule has 3 aromatic carbocycles. The second-order valence-electron chi connectivity index (χ2n) is 7.32. The highest BCUT2D eigenvalue weighted by atomic mass is 32.1. The molecule has 2 N–H and O–H groups in total. The van der Waals surface area contributed by atoms with E-state index >= 15 is 0 Å². The maximum absolute atomic E-state index is 13.4. The monoisotopic (exact) mass is 428 g/mol. The molecule has 0 aliphatic rings. The van der Waals surface area contributed by atoms with Gasteiger partial charge in [-0.05, 0) is 36.1 Å². The second-order valence-corrected chi connectivity index (χ2v) is 8.53. The van der Waals surface area contributed by atoms with Gasteiger partial charge in [0.2, 0.25) is 0 Å². The van der Waals surface area contributed by atoms with Crippen LogP contribution in [0.5, 0.6) is 0 Å². The summed E-state index contributed by atoms with van der Waals surface area (Å²) in [5.41, 5.74) is 3.15. The number of aryl methyl sites for hydroxylation is 1. The van der Waals surface area contributed by atoms with E-state index in [9.17, 15) is 4.39 Å². The molecule has 0 aliphatic carbocycles. The van der Waals surface area contributed by atoms with Crippen LogP contribution < -0.4 is 10.6 Å². The van der Waals surface area contributed by atoms with Gasteiger partial charge in [-0.15, -0.1) is 11.3 Å². The van der Waals surface area contributed by atoms with E-state index < -0.39 is 0 Å². The van der Waals surface area contributed by atoms with Crippen LogP contribution in [0, 0.1) is 12.7 Å². The first-order valence-electron chi connectivity index (χ1n) is 10.2. The Balaban J connectivity index is 1.38. The molecule has 2 heterocycles. The first kappa shape index (κ1) is 19.5. The van der Waals surface area contributed by atoms with Gasteiger partial charge >= 0.3 is 0 Å². The van der Waals surface area contributed by atoms with Crippen molar-refractivity contribution in [3.05, 3.63) is 83.8 Å². The lowest BCUT2D eigenvalue weighted by molar-refractivity contribution is 0.628. The van der Waals surface area contributed by atoms with Gasteiger partial charge in [-0.1, -0.05) is 48.5 Å². The molecular weight excluding hydrogens is 407 g/mol. The molecule has 0 saturated heterocycles. The topological polar surface area (TPSA) is 49.8 Å². The molecule has 0 fully saturated rings. The van der Waals surface area contributed by atoms with Crippen LogP contribution in [0.25, 0.3) is 32.1 Å². The zero-order valence-electron chi connectivity index (χ0n) is 17.0. The van der Waals surface area contributed by atoms with Crippen LogP contribution in [0.3, 0.4) is 0 Å². The Kier molecular flexibility index (Phi) is 5.22. The van der Waals surface area contributed by atoms with Crippen molar-refractivity contribution in [2.75, 3.05) is 23.7 Å². The third-order valence-electron chi connectivity index (χ3n) is 5.32. The molecule has 4 nitrogen and oxygen atoms in total. The smallest absolute Gasteiger partial charge is 0.138 e. The molecule has 6 heteroatoms. The molecule has 0 radical (unpaired) electrons. The van der Waals surface area contributed by atoms with Gasteiger partial charge < -0.3 is 10.6 Å². The Hall–Kier alpha value is -3.51. The van der Waals surface area contributed by atoms with E-state index in [1.54, 1.807) is 17.7 Å².